The second-order valence-corrected chi connectivity index (χ2v) is 6.61. The monoisotopic (exact) mass is 322 g/mol. The standard InChI is InChI=1S/C17H20N2S2/c1-19(2)8-6-14-10-18-15-4-3-5-16(17(14)15)21-12-13-7-9-20-11-13/h3-5,7,9-11,18H,6,8,12H2,1-2H3/i1D3,2D3. The van der Waals surface area contributed by atoms with Crippen LogP contribution in [0.25, 0.3) is 10.9 Å². The SMILES string of the molecule is [2H]C([2H])([2H])N(CCc1c[nH]c2cccc(SCc3ccsc3)c12)C([2H])([2H])[2H]. The van der Waals surface area contributed by atoms with E-state index in [0.29, 0.717) is 11.3 Å². The molecule has 0 atom stereocenters. The highest BCUT2D eigenvalue weighted by atomic mass is 32.2. The summed E-state index contributed by atoms with van der Waals surface area (Å²) in [5.41, 5.74) is 3.15. The van der Waals surface area contributed by atoms with Crippen LogP contribution in [0.5, 0.6) is 0 Å². The quantitative estimate of drug-likeness (QED) is 0.667. The fraction of sp³-hybridized carbons (Fsp3) is 0.294. The molecule has 4 heteroatoms. The van der Waals surface area contributed by atoms with E-state index in [1.807, 2.05) is 24.4 Å². The van der Waals surface area contributed by atoms with Gasteiger partial charge in [0.2, 0.25) is 0 Å². The molecular weight excluding hydrogens is 296 g/mol. The molecule has 0 aliphatic heterocycles. The average molecular weight is 323 g/mol. The summed E-state index contributed by atoms with van der Waals surface area (Å²) in [4.78, 5) is 4.92. The van der Waals surface area contributed by atoms with E-state index in [4.69, 9.17) is 8.22 Å². The van der Waals surface area contributed by atoms with Gasteiger partial charge in [-0.15, -0.1) is 11.8 Å². The molecule has 110 valence electrons. The van der Waals surface area contributed by atoms with E-state index in [9.17, 15) is 0 Å². The molecule has 0 aliphatic carbocycles. The van der Waals surface area contributed by atoms with Gasteiger partial charge in [-0.25, -0.2) is 0 Å². The van der Waals surface area contributed by atoms with Crippen LogP contribution in [0.2, 0.25) is 0 Å². The number of rotatable bonds is 6. The summed E-state index contributed by atoms with van der Waals surface area (Å²) in [5, 5.41) is 5.21. The van der Waals surface area contributed by atoms with Crippen molar-refractivity contribution >= 4 is 34.0 Å². The number of nitrogens with zero attached hydrogens (tertiary/aromatic N) is 1. The van der Waals surface area contributed by atoms with E-state index in [0.717, 1.165) is 27.1 Å². The Kier molecular flexibility index (Phi) is 2.88. The molecule has 1 aromatic carbocycles. The largest absolute Gasteiger partial charge is 0.361 e. The zero-order valence-electron chi connectivity index (χ0n) is 17.4. The summed E-state index contributed by atoms with van der Waals surface area (Å²) in [6.45, 7) is -5.38. The lowest BCUT2D eigenvalue weighted by molar-refractivity contribution is 0.414. The van der Waals surface area contributed by atoms with Crippen molar-refractivity contribution in [1.82, 2.24) is 9.88 Å². The third-order valence-corrected chi connectivity index (χ3v) is 5.19. The zero-order chi connectivity index (χ0) is 19.7. The predicted molar refractivity (Wildman–Crippen MR) is 94.4 cm³/mol. The molecule has 0 aliphatic rings. The van der Waals surface area contributed by atoms with Crippen LogP contribution in [-0.2, 0) is 12.2 Å². The van der Waals surface area contributed by atoms with Crippen molar-refractivity contribution in [2.24, 2.45) is 0 Å². The van der Waals surface area contributed by atoms with Gasteiger partial charge in [0.1, 0.15) is 0 Å². The van der Waals surface area contributed by atoms with Gasteiger partial charge < -0.3 is 9.88 Å². The maximum Gasteiger partial charge on any atom is 0.0468 e. The zero-order valence-corrected chi connectivity index (χ0v) is 13.1. The number of thiophene rings is 1. The average Bonchev–Trinajstić information content (AvgIpc) is 3.20. The van der Waals surface area contributed by atoms with Gasteiger partial charge in [0, 0.05) is 42.5 Å². The fourth-order valence-electron chi connectivity index (χ4n) is 2.31. The number of aromatic amines is 1. The maximum absolute atomic E-state index is 7.51. The van der Waals surface area contributed by atoms with Crippen molar-refractivity contribution in [3.63, 3.8) is 0 Å². The minimum Gasteiger partial charge on any atom is -0.361 e. The van der Waals surface area contributed by atoms with Crippen LogP contribution in [0.4, 0.5) is 0 Å². The topological polar surface area (TPSA) is 19.0 Å². The Morgan fingerprint density at radius 3 is 3.10 bits per heavy atom. The Morgan fingerprint density at radius 1 is 1.33 bits per heavy atom. The van der Waals surface area contributed by atoms with E-state index in [1.54, 1.807) is 23.1 Å². The van der Waals surface area contributed by atoms with Gasteiger partial charge in [0.25, 0.3) is 0 Å². The smallest absolute Gasteiger partial charge is 0.0468 e. The molecule has 1 N–H and O–H groups in total. The fourth-order valence-corrected chi connectivity index (χ4v) is 4.14. The molecule has 2 heterocycles. The van der Waals surface area contributed by atoms with E-state index in [1.165, 1.54) is 5.56 Å². The Labute approximate surface area is 142 Å². The number of H-pyrrole nitrogens is 1. The van der Waals surface area contributed by atoms with Crippen LogP contribution in [0.15, 0.2) is 46.1 Å². The van der Waals surface area contributed by atoms with Crippen molar-refractivity contribution < 1.29 is 8.22 Å². The van der Waals surface area contributed by atoms with Gasteiger partial charge in [-0.2, -0.15) is 11.3 Å². The van der Waals surface area contributed by atoms with Crippen molar-refractivity contribution in [2.75, 3.05) is 20.5 Å². The van der Waals surface area contributed by atoms with Gasteiger partial charge in [-0.3, -0.25) is 0 Å². The first-order valence-electron chi connectivity index (χ1n) is 9.67. The van der Waals surface area contributed by atoms with Gasteiger partial charge >= 0.3 is 0 Å². The maximum atomic E-state index is 7.51. The predicted octanol–water partition coefficient (Wildman–Crippen LogP) is 4.63. The number of hydrogen-bond acceptors (Lipinski definition) is 3. The second kappa shape index (κ2) is 6.69. The van der Waals surface area contributed by atoms with Crippen LogP contribution in [-0.4, -0.2) is 30.4 Å². The van der Waals surface area contributed by atoms with Crippen molar-refractivity contribution in [1.29, 1.82) is 0 Å². The highest BCUT2D eigenvalue weighted by molar-refractivity contribution is 7.98. The summed E-state index contributed by atoms with van der Waals surface area (Å²) < 4.78 is 45.1. The number of aromatic nitrogens is 1. The summed E-state index contributed by atoms with van der Waals surface area (Å²) in [6, 6.07) is 8.09. The molecule has 0 bridgehead atoms. The Morgan fingerprint density at radius 2 is 2.29 bits per heavy atom. The molecule has 0 radical (unpaired) electrons. The van der Waals surface area contributed by atoms with Gasteiger partial charge in [0.05, 0.1) is 0 Å². The normalized spacial score (nSPS) is 17.0. The van der Waals surface area contributed by atoms with E-state index < -0.39 is 14.0 Å². The molecule has 0 fully saturated rings. The number of thioether (sulfide) groups is 1. The van der Waals surface area contributed by atoms with E-state index in [-0.39, 0.29) is 6.54 Å². The molecule has 3 rings (SSSR count). The number of fused-ring (bicyclic) bond motifs is 1. The minimum absolute atomic E-state index is 0.0660. The van der Waals surface area contributed by atoms with Crippen LogP contribution in [0, 0.1) is 0 Å². The number of likely N-dealkylation sites (N-methyl/N-ethyl adjacent to an activating group) is 1. The number of nitrogens with one attached hydrogen (secondary N) is 1. The number of hydrogen-bond donors (Lipinski definition) is 1. The lowest BCUT2D eigenvalue weighted by atomic mass is 10.1. The Hall–Kier alpha value is -1.23. The highest BCUT2D eigenvalue weighted by Crippen LogP contribution is 2.33. The first-order chi connectivity index (χ1) is 12.7. The Bertz CT molecular complexity index is 869. The van der Waals surface area contributed by atoms with Crippen LogP contribution in [0.3, 0.4) is 0 Å². The molecule has 0 unspecified atom stereocenters. The lowest BCUT2D eigenvalue weighted by Gasteiger charge is -2.10. The molecule has 0 amide bonds. The van der Waals surface area contributed by atoms with Crippen LogP contribution < -0.4 is 0 Å². The van der Waals surface area contributed by atoms with Gasteiger partial charge in [0.15, 0.2) is 0 Å². The summed E-state index contributed by atoms with van der Waals surface area (Å²) >= 11 is 3.39. The van der Waals surface area contributed by atoms with Gasteiger partial charge in [-0.1, -0.05) is 6.07 Å². The molecule has 0 spiro atoms. The third kappa shape index (κ3) is 3.51. The molecule has 0 saturated heterocycles. The highest BCUT2D eigenvalue weighted by Gasteiger charge is 2.09. The minimum atomic E-state index is -2.66. The van der Waals surface area contributed by atoms with E-state index in [2.05, 4.69) is 21.8 Å². The lowest BCUT2D eigenvalue weighted by Crippen LogP contribution is -2.14. The van der Waals surface area contributed by atoms with Crippen LogP contribution >= 0.6 is 23.1 Å². The van der Waals surface area contributed by atoms with Gasteiger partial charge in [-0.05, 0) is 60.5 Å². The Balaban J connectivity index is 1.82. The molecule has 3 aromatic rings. The number of benzene rings is 1. The van der Waals surface area contributed by atoms with Crippen molar-refractivity contribution in [2.45, 2.75) is 17.1 Å². The van der Waals surface area contributed by atoms with Crippen LogP contribution in [0.1, 0.15) is 19.4 Å². The second-order valence-electron chi connectivity index (χ2n) is 4.81. The molecule has 0 saturated carbocycles. The van der Waals surface area contributed by atoms with Crippen molar-refractivity contribution in [3.05, 3.63) is 52.3 Å². The summed E-state index contributed by atoms with van der Waals surface area (Å²) in [5.74, 6) is 0.851. The van der Waals surface area contributed by atoms with E-state index >= 15 is 0 Å². The molecule has 2 aromatic heterocycles. The summed E-state index contributed by atoms with van der Waals surface area (Å²) in [7, 11) is 0. The first kappa shape index (κ1) is 9.03. The first-order valence-corrected chi connectivity index (χ1v) is 8.60. The third-order valence-electron chi connectivity index (χ3n) is 3.33. The molecule has 2 nitrogen and oxygen atoms in total. The summed E-state index contributed by atoms with van der Waals surface area (Å²) in [6.07, 6.45) is 2.18. The molecule has 21 heavy (non-hydrogen) atoms. The molecular formula is C17H20N2S2. The van der Waals surface area contributed by atoms with Crippen molar-refractivity contribution in [3.8, 4) is 0 Å².